The van der Waals surface area contributed by atoms with E-state index in [1.807, 2.05) is 20.8 Å². The third kappa shape index (κ3) is 5.10. The van der Waals surface area contributed by atoms with E-state index in [0.717, 1.165) is 0 Å². The Labute approximate surface area is 107 Å². The lowest BCUT2D eigenvalue weighted by molar-refractivity contribution is -0.125. The predicted octanol–water partition coefficient (Wildman–Crippen LogP) is 2.64. The van der Waals surface area contributed by atoms with Gasteiger partial charge in [-0.2, -0.15) is 0 Å². The number of ether oxygens (including phenoxy) is 1. The highest BCUT2D eigenvalue weighted by molar-refractivity contribution is 5.97. The van der Waals surface area contributed by atoms with Crippen molar-refractivity contribution in [2.24, 2.45) is 0 Å². The topological polar surface area (TPSA) is 55.4 Å². The van der Waals surface area contributed by atoms with Crippen molar-refractivity contribution in [3.63, 3.8) is 0 Å². The second-order valence-electron chi connectivity index (χ2n) is 5.09. The lowest BCUT2D eigenvalue weighted by Gasteiger charge is -2.19. The molecule has 0 saturated heterocycles. The first-order chi connectivity index (χ1) is 8.28. The van der Waals surface area contributed by atoms with Crippen LogP contribution in [-0.4, -0.2) is 23.9 Å². The molecule has 0 atom stereocenters. The maximum Gasteiger partial charge on any atom is 0.250 e. The van der Waals surface area contributed by atoms with Gasteiger partial charge in [0, 0.05) is 11.3 Å². The molecule has 18 heavy (non-hydrogen) atoms. The Morgan fingerprint density at radius 2 is 1.94 bits per heavy atom. The van der Waals surface area contributed by atoms with Gasteiger partial charge in [0.2, 0.25) is 5.91 Å². The summed E-state index contributed by atoms with van der Waals surface area (Å²) in [5, 5.41) is 2.69. The molecule has 1 aromatic rings. The highest BCUT2D eigenvalue weighted by atomic mass is 16.5. The molecule has 0 radical (unpaired) electrons. The summed E-state index contributed by atoms with van der Waals surface area (Å²) in [6.45, 7) is 7.14. The third-order valence-corrected chi connectivity index (χ3v) is 2.19. The highest BCUT2D eigenvalue weighted by Crippen LogP contribution is 2.12. The Balaban J connectivity index is 2.59. The number of anilines is 1. The van der Waals surface area contributed by atoms with Gasteiger partial charge in [-0.05, 0) is 39.8 Å². The number of benzene rings is 1. The molecule has 1 N–H and O–H groups in total. The molecule has 1 amide bonds. The molecule has 0 saturated carbocycles. The van der Waals surface area contributed by atoms with Gasteiger partial charge in [0.1, 0.15) is 6.61 Å². The minimum absolute atomic E-state index is 0.00615. The van der Waals surface area contributed by atoms with Crippen molar-refractivity contribution in [2.75, 3.05) is 11.9 Å². The van der Waals surface area contributed by atoms with Crippen LogP contribution < -0.4 is 5.32 Å². The van der Waals surface area contributed by atoms with Crippen LogP contribution in [0.2, 0.25) is 0 Å². The quantitative estimate of drug-likeness (QED) is 0.834. The van der Waals surface area contributed by atoms with E-state index in [1.165, 1.54) is 6.92 Å². The SMILES string of the molecule is CC(=O)c1cccc(NC(=O)COC(C)(C)C)c1. The molecular formula is C14H19NO3. The molecule has 0 fully saturated rings. The highest BCUT2D eigenvalue weighted by Gasteiger charge is 2.13. The van der Waals surface area contributed by atoms with Crippen molar-refractivity contribution in [1.29, 1.82) is 0 Å². The summed E-state index contributed by atoms with van der Waals surface area (Å²) in [5.41, 5.74) is 0.827. The van der Waals surface area contributed by atoms with Crippen LogP contribution in [0.5, 0.6) is 0 Å². The predicted molar refractivity (Wildman–Crippen MR) is 70.8 cm³/mol. The first-order valence-corrected chi connectivity index (χ1v) is 5.83. The zero-order valence-corrected chi connectivity index (χ0v) is 11.2. The summed E-state index contributed by atoms with van der Waals surface area (Å²) < 4.78 is 5.36. The van der Waals surface area contributed by atoms with E-state index in [2.05, 4.69) is 5.32 Å². The van der Waals surface area contributed by atoms with E-state index >= 15 is 0 Å². The summed E-state index contributed by atoms with van der Waals surface area (Å²) in [5.74, 6) is -0.261. The van der Waals surface area contributed by atoms with Gasteiger partial charge in [-0.25, -0.2) is 0 Å². The van der Waals surface area contributed by atoms with Crippen LogP contribution >= 0.6 is 0 Å². The molecule has 0 aromatic heterocycles. The zero-order chi connectivity index (χ0) is 13.8. The zero-order valence-electron chi connectivity index (χ0n) is 11.2. The van der Waals surface area contributed by atoms with E-state index in [9.17, 15) is 9.59 Å². The fourth-order valence-electron chi connectivity index (χ4n) is 1.30. The largest absolute Gasteiger partial charge is 0.366 e. The van der Waals surface area contributed by atoms with Crippen LogP contribution in [0.25, 0.3) is 0 Å². The van der Waals surface area contributed by atoms with Gasteiger partial charge in [0.25, 0.3) is 0 Å². The van der Waals surface area contributed by atoms with Gasteiger partial charge < -0.3 is 10.1 Å². The Bertz CT molecular complexity index is 447. The number of amides is 1. The molecule has 0 aliphatic carbocycles. The summed E-state index contributed by atoms with van der Waals surface area (Å²) in [6.07, 6.45) is 0. The summed E-state index contributed by atoms with van der Waals surface area (Å²) >= 11 is 0. The van der Waals surface area contributed by atoms with E-state index in [4.69, 9.17) is 4.74 Å². The van der Waals surface area contributed by atoms with Crippen molar-refractivity contribution < 1.29 is 14.3 Å². The van der Waals surface area contributed by atoms with E-state index in [-0.39, 0.29) is 23.9 Å². The Morgan fingerprint density at radius 1 is 1.28 bits per heavy atom. The number of hydrogen-bond acceptors (Lipinski definition) is 3. The number of Topliss-reactive ketones (excluding diaryl/α,β-unsaturated/α-hetero) is 1. The molecule has 4 heteroatoms. The lowest BCUT2D eigenvalue weighted by atomic mass is 10.1. The fraction of sp³-hybridized carbons (Fsp3) is 0.429. The van der Waals surface area contributed by atoms with E-state index in [0.29, 0.717) is 11.3 Å². The molecule has 98 valence electrons. The standard InChI is InChI=1S/C14H19NO3/c1-10(16)11-6-5-7-12(8-11)15-13(17)9-18-14(2,3)4/h5-8H,9H2,1-4H3,(H,15,17). The molecule has 0 unspecified atom stereocenters. The van der Waals surface area contributed by atoms with Crippen molar-refractivity contribution in [1.82, 2.24) is 0 Å². The van der Waals surface area contributed by atoms with Crippen LogP contribution in [0.4, 0.5) is 5.69 Å². The average Bonchev–Trinajstić information content (AvgIpc) is 2.26. The molecule has 1 aromatic carbocycles. The summed E-state index contributed by atoms with van der Waals surface area (Å²) in [6, 6.07) is 6.83. The normalized spacial score (nSPS) is 11.1. The van der Waals surface area contributed by atoms with Crippen molar-refractivity contribution in [3.05, 3.63) is 29.8 Å². The number of ketones is 1. The van der Waals surface area contributed by atoms with Crippen molar-refractivity contribution in [3.8, 4) is 0 Å². The molecule has 0 bridgehead atoms. The number of carbonyl (C=O) groups excluding carboxylic acids is 2. The molecule has 0 aliphatic rings. The van der Waals surface area contributed by atoms with Gasteiger partial charge in [0.15, 0.2) is 5.78 Å². The number of rotatable bonds is 4. The van der Waals surface area contributed by atoms with E-state index < -0.39 is 0 Å². The van der Waals surface area contributed by atoms with Gasteiger partial charge in [-0.1, -0.05) is 12.1 Å². The van der Waals surface area contributed by atoms with Crippen LogP contribution in [-0.2, 0) is 9.53 Å². The number of nitrogens with one attached hydrogen (secondary N) is 1. The maximum absolute atomic E-state index is 11.6. The molecule has 4 nitrogen and oxygen atoms in total. The summed E-state index contributed by atoms with van der Waals surface area (Å²) in [7, 11) is 0. The number of carbonyl (C=O) groups is 2. The molecule has 0 heterocycles. The van der Waals surface area contributed by atoms with Crippen LogP contribution in [0, 0.1) is 0 Å². The van der Waals surface area contributed by atoms with Crippen LogP contribution in [0.1, 0.15) is 38.1 Å². The Hall–Kier alpha value is -1.68. The minimum atomic E-state index is -0.349. The fourth-order valence-corrected chi connectivity index (χ4v) is 1.30. The van der Waals surface area contributed by atoms with Crippen LogP contribution in [0.15, 0.2) is 24.3 Å². The second-order valence-corrected chi connectivity index (χ2v) is 5.09. The summed E-state index contributed by atoms with van der Waals surface area (Å²) in [4.78, 5) is 22.8. The molecular weight excluding hydrogens is 230 g/mol. The average molecular weight is 249 g/mol. The minimum Gasteiger partial charge on any atom is -0.366 e. The van der Waals surface area contributed by atoms with Crippen molar-refractivity contribution in [2.45, 2.75) is 33.3 Å². The maximum atomic E-state index is 11.6. The van der Waals surface area contributed by atoms with Gasteiger partial charge >= 0.3 is 0 Å². The lowest BCUT2D eigenvalue weighted by Crippen LogP contribution is -2.27. The van der Waals surface area contributed by atoms with Gasteiger partial charge in [-0.3, -0.25) is 9.59 Å². The molecule has 1 rings (SSSR count). The van der Waals surface area contributed by atoms with Gasteiger partial charge in [0.05, 0.1) is 5.60 Å². The van der Waals surface area contributed by atoms with E-state index in [1.54, 1.807) is 24.3 Å². The first-order valence-electron chi connectivity index (χ1n) is 5.83. The monoisotopic (exact) mass is 249 g/mol. The van der Waals surface area contributed by atoms with Gasteiger partial charge in [-0.15, -0.1) is 0 Å². The molecule has 0 spiro atoms. The first kappa shape index (κ1) is 14.4. The Kier molecular flexibility index (Phi) is 4.62. The number of hydrogen-bond donors (Lipinski definition) is 1. The van der Waals surface area contributed by atoms with Crippen molar-refractivity contribution >= 4 is 17.4 Å². The van der Waals surface area contributed by atoms with Crippen LogP contribution in [0.3, 0.4) is 0 Å². The second kappa shape index (κ2) is 5.78. The Morgan fingerprint density at radius 3 is 2.50 bits per heavy atom. The molecule has 0 aliphatic heterocycles. The third-order valence-electron chi connectivity index (χ3n) is 2.19. The smallest absolute Gasteiger partial charge is 0.250 e.